The molecule has 0 spiro atoms. The molecule has 2 N–H and O–H groups in total. The van der Waals surface area contributed by atoms with Crippen molar-refractivity contribution in [2.75, 3.05) is 5.32 Å². The summed E-state index contributed by atoms with van der Waals surface area (Å²) < 4.78 is 0. The zero-order valence-corrected chi connectivity index (χ0v) is 7.66. The molecule has 13 heavy (non-hydrogen) atoms. The minimum absolute atomic E-state index is 0.154. The van der Waals surface area contributed by atoms with Crippen LogP contribution in [0.1, 0.15) is 20.3 Å². The van der Waals surface area contributed by atoms with Gasteiger partial charge in [0.2, 0.25) is 5.95 Å². The summed E-state index contributed by atoms with van der Waals surface area (Å²) in [5.74, 6) is 0.215. The Bertz CT molecular complexity index is 302. The smallest absolute Gasteiger partial charge is 0.253 e. The zero-order valence-electron chi connectivity index (χ0n) is 7.66. The van der Waals surface area contributed by atoms with Gasteiger partial charge in [-0.25, -0.2) is 5.10 Å². The maximum atomic E-state index is 11.3. The number of rotatable bonds is 3. The van der Waals surface area contributed by atoms with Gasteiger partial charge in [-0.2, -0.15) is 10.1 Å². The highest BCUT2D eigenvalue weighted by Crippen LogP contribution is 2.00. The van der Waals surface area contributed by atoms with Gasteiger partial charge in [0.25, 0.3) is 5.91 Å². The summed E-state index contributed by atoms with van der Waals surface area (Å²) in [6, 6.07) is 0. The second-order valence-electron chi connectivity index (χ2n) is 2.58. The van der Waals surface area contributed by atoms with Crippen molar-refractivity contribution in [1.82, 2.24) is 15.2 Å². The van der Waals surface area contributed by atoms with E-state index in [4.69, 9.17) is 0 Å². The molecule has 0 fully saturated rings. The molecule has 0 aliphatic heterocycles. The molecule has 1 amide bonds. The van der Waals surface area contributed by atoms with E-state index < -0.39 is 0 Å². The standard InChI is InChI=1S/C8H12N4O/c1-3-4-6(2)7(13)11-8-9-5-10-12-8/h4-5H,3H2,1-2H3,(H2,9,10,11,12,13). The summed E-state index contributed by atoms with van der Waals surface area (Å²) in [5.41, 5.74) is 0.680. The monoisotopic (exact) mass is 180 g/mol. The highest BCUT2D eigenvalue weighted by atomic mass is 16.1. The predicted octanol–water partition coefficient (Wildman–Crippen LogP) is 1.10. The molecule has 5 nitrogen and oxygen atoms in total. The van der Waals surface area contributed by atoms with Gasteiger partial charge < -0.3 is 0 Å². The van der Waals surface area contributed by atoms with E-state index in [2.05, 4.69) is 20.5 Å². The van der Waals surface area contributed by atoms with Gasteiger partial charge in [-0.05, 0) is 13.3 Å². The molecular formula is C8H12N4O. The van der Waals surface area contributed by atoms with Gasteiger partial charge >= 0.3 is 0 Å². The average Bonchev–Trinajstić information content (AvgIpc) is 2.57. The lowest BCUT2D eigenvalue weighted by Crippen LogP contribution is -2.13. The van der Waals surface area contributed by atoms with Crippen LogP contribution < -0.4 is 5.32 Å². The third-order valence-electron chi connectivity index (χ3n) is 1.52. The highest BCUT2D eigenvalue weighted by molar-refractivity contribution is 6.02. The lowest BCUT2D eigenvalue weighted by Gasteiger charge is -1.99. The summed E-state index contributed by atoms with van der Waals surface area (Å²) >= 11 is 0. The summed E-state index contributed by atoms with van der Waals surface area (Å²) in [6.45, 7) is 3.74. The molecular weight excluding hydrogens is 168 g/mol. The number of aromatic amines is 1. The van der Waals surface area contributed by atoms with E-state index in [0.29, 0.717) is 11.5 Å². The Hall–Kier alpha value is -1.65. The summed E-state index contributed by atoms with van der Waals surface area (Å²) in [7, 11) is 0. The molecule has 0 unspecified atom stereocenters. The number of carbonyl (C=O) groups is 1. The topological polar surface area (TPSA) is 70.7 Å². The number of allylic oxidation sites excluding steroid dienone is 1. The molecule has 0 radical (unpaired) electrons. The average molecular weight is 180 g/mol. The summed E-state index contributed by atoms with van der Waals surface area (Å²) in [5, 5.41) is 8.73. The largest absolute Gasteiger partial charge is 0.291 e. The van der Waals surface area contributed by atoms with E-state index in [-0.39, 0.29) is 5.91 Å². The van der Waals surface area contributed by atoms with Crippen LogP contribution in [0, 0.1) is 0 Å². The molecule has 0 saturated heterocycles. The number of amides is 1. The van der Waals surface area contributed by atoms with Gasteiger partial charge in [0.05, 0.1) is 0 Å². The van der Waals surface area contributed by atoms with E-state index in [1.807, 2.05) is 13.0 Å². The van der Waals surface area contributed by atoms with E-state index in [1.165, 1.54) is 6.33 Å². The molecule has 1 heterocycles. The van der Waals surface area contributed by atoms with Crippen LogP contribution in [0.15, 0.2) is 18.0 Å². The Morgan fingerprint density at radius 3 is 3.08 bits per heavy atom. The number of hydrogen-bond acceptors (Lipinski definition) is 3. The molecule has 0 aliphatic carbocycles. The summed E-state index contributed by atoms with van der Waals surface area (Å²) in [6.07, 6.45) is 4.04. The molecule has 0 bridgehead atoms. The van der Waals surface area contributed by atoms with Gasteiger partial charge in [-0.15, -0.1) is 0 Å². The third-order valence-corrected chi connectivity index (χ3v) is 1.52. The Morgan fingerprint density at radius 2 is 2.54 bits per heavy atom. The molecule has 5 heteroatoms. The lowest BCUT2D eigenvalue weighted by molar-refractivity contribution is -0.112. The number of hydrogen-bond donors (Lipinski definition) is 2. The minimum Gasteiger partial charge on any atom is -0.291 e. The lowest BCUT2D eigenvalue weighted by atomic mass is 10.2. The van der Waals surface area contributed by atoms with Crippen molar-refractivity contribution in [2.45, 2.75) is 20.3 Å². The van der Waals surface area contributed by atoms with Crippen molar-refractivity contribution in [3.8, 4) is 0 Å². The van der Waals surface area contributed by atoms with Crippen molar-refractivity contribution >= 4 is 11.9 Å². The number of carbonyl (C=O) groups excluding carboxylic acids is 1. The van der Waals surface area contributed by atoms with Gasteiger partial charge in [-0.3, -0.25) is 10.1 Å². The predicted molar refractivity (Wildman–Crippen MR) is 49.1 cm³/mol. The van der Waals surface area contributed by atoms with Crippen molar-refractivity contribution < 1.29 is 4.79 Å². The molecule has 0 atom stereocenters. The van der Waals surface area contributed by atoms with E-state index in [1.54, 1.807) is 6.92 Å². The molecule has 1 aromatic rings. The first-order chi connectivity index (χ1) is 6.24. The van der Waals surface area contributed by atoms with Crippen molar-refractivity contribution in [3.63, 3.8) is 0 Å². The van der Waals surface area contributed by atoms with E-state index in [0.717, 1.165) is 6.42 Å². The zero-order chi connectivity index (χ0) is 9.68. The second-order valence-corrected chi connectivity index (χ2v) is 2.58. The number of anilines is 1. The number of nitrogens with one attached hydrogen (secondary N) is 2. The Balaban J connectivity index is 2.56. The minimum atomic E-state index is -0.154. The molecule has 0 aliphatic rings. The fourth-order valence-corrected chi connectivity index (χ4v) is 0.871. The normalized spacial score (nSPS) is 11.4. The van der Waals surface area contributed by atoms with E-state index >= 15 is 0 Å². The fraction of sp³-hybridized carbons (Fsp3) is 0.375. The Labute approximate surface area is 76.3 Å². The molecule has 1 aromatic heterocycles. The first-order valence-electron chi connectivity index (χ1n) is 4.07. The van der Waals surface area contributed by atoms with Gasteiger partial charge in [0.1, 0.15) is 6.33 Å². The Kier molecular flexibility index (Phi) is 3.19. The van der Waals surface area contributed by atoms with Crippen LogP contribution in [0.3, 0.4) is 0 Å². The van der Waals surface area contributed by atoms with Crippen molar-refractivity contribution in [1.29, 1.82) is 0 Å². The van der Waals surface area contributed by atoms with Crippen LogP contribution in [0.5, 0.6) is 0 Å². The number of aromatic nitrogens is 3. The van der Waals surface area contributed by atoms with Gasteiger partial charge in [0, 0.05) is 5.57 Å². The molecule has 70 valence electrons. The van der Waals surface area contributed by atoms with Crippen LogP contribution in [0.25, 0.3) is 0 Å². The number of H-pyrrole nitrogens is 1. The van der Waals surface area contributed by atoms with Crippen LogP contribution in [-0.2, 0) is 4.79 Å². The molecule has 0 aromatic carbocycles. The first kappa shape index (κ1) is 9.44. The first-order valence-corrected chi connectivity index (χ1v) is 4.07. The SMILES string of the molecule is CCC=C(C)C(=O)Nc1ncn[nH]1. The van der Waals surface area contributed by atoms with Crippen LogP contribution in [-0.4, -0.2) is 21.1 Å². The summed E-state index contributed by atoms with van der Waals surface area (Å²) in [4.78, 5) is 15.1. The van der Waals surface area contributed by atoms with Crippen LogP contribution >= 0.6 is 0 Å². The van der Waals surface area contributed by atoms with E-state index in [9.17, 15) is 4.79 Å². The maximum absolute atomic E-state index is 11.3. The number of nitrogens with zero attached hydrogens (tertiary/aromatic N) is 2. The van der Waals surface area contributed by atoms with Crippen molar-refractivity contribution in [3.05, 3.63) is 18.0 Å². The third kappa shape index (κ3) is 2.70. The molecule has 0 saturated carbocycles. The van der Waals surface area contributed by atoms with Gasteiger partial charge in [0.15, 0.2) is 0 Å². The van der Waals surface area contributed by atoms with Gasteiger partial charge in [-0.1, -0.05) is 13.0 Å². The fourth-order valence-electron chi connectivity index (χ4n) is 0.871. The highest BCUT2D eigenvalue weighted by Gasteiger charge is 2.04. The Morgan fingerprint density at radius 1 is 1.77 bits per heavy atom. The van der Waals surface area contributed by atoms with Crippen molar-refractivity contribution in [2.24, 2.45) is 0 Å². The second kappa shape index (κ2) is 4.39. The van der Waals surface area contributed by atoms with Crippen LogP contribution in [0.4, 0.5) is 5.95 Å². The van der Waals surface area contributed by atoms with Crippen LogP contribution in [0.2, 0.25) is 0 Å². The quantitative estimate of drug-likeness (QED) is 0.684. The molecule has 1 rings (SSSR count). The maximum Gasteiger partial charge on any atom is 0.253 e.